The summed E-state index contributed by atoms with van der Waals surface area (Å²) in [5.41, 5.74) is 2.21. The maximum atomic E-state index is 13.3. The van der Waals surface area contributed by atoms with Crippen molar-refractivity contribution in [3.8, 4) is 11.4 Å². The SMILES string of the molecule is CCOC(=O)C1=C(C)Nc2nc(-c3ccc(F)cc3)nn2C1c1ccc(Cl)cc1Cl. The first-order valence-corrected chi connectivity index (χ1v) is 9.97. The highest BCUT2D eigenvalue weighted by atomic mass is 35.5. The highest BCUT2D eigenvalue weighted by molar-refractivity contribution is 6.35. The molecular weight excluding hydrogens is 430 g/mol. The normalized spacial score (nSPS) is 15.6. The number of aromatic nitrogens is 3. The van der Waals surface area contributed by atoms with Crippen molar-refractivity contribution < 1.29 is 13.9 Å². The van der Waals surface area contributed by atoms with E-state index in [1.54, 1.807) is 48.9 Å². The summed E-state index contributed by atoms with van der Waals surface area (Å²) >= 11 is 12.5. The molecule has 1 unspecified atom stereocenters. The van der Waals surface area contributed by atoms with Gasteiger partial charge in [-0.25, -0.2) is 13.9 Å². The quantitative estimate of drug-likeness (QED) is 0.554. The van der Waals surface area contributed by atoms with E-state index < -0.39 is 12.0 Å². The fourth-order valence-electron chi connectivity index (χ4n) is 3.36. The number of benzene rings is 2. The predicted molar refractivity (Wildman–Crippen MR) is 113 cm³/mol. The van der Waals surface area contributed by atoms with Gasteiger partial charge in [0.25, 0.3) is 0 Å². The lowest BCUT2D eigenvalue weighted by Crippen LogP contribution is -2.29. The Bertz CT molecular complexity index is 1160. The first-order chi connectivity index (χ1) is 14.4. The second kappa shape index (κ2) is 8.08. The molecule has 0 saturated carbocycles. The van der Waals surface area contributed by atoms with Crippen molar-refractivity contribution in [1.82, 2.24) is 14.8 Å². The number of allylic oxidation sites excluding steroid dienone is 1. The highest BCUT2D eigenvalue weighted by Gasteiger charge is 2.36. The third-order valence-electron chi connectivity index (χ3n) is 4.71. The molecule has 2 heterocycles. The van der Waals surface area contributed by atoms with E-state index in [4.69, 9.17) is 27.9 Å². The first kappa shape index (κ1) is 20.4. The largest absolute Gasteiger partial charge is 0.463 e. The van der Waals surface area contributed by atoms with Gasteiger partial charge in [0.2, 0.25) is 5.95 Å². The average Bonchev–Trinajstić information content (AvgIpc) is 3.11. The molecular formula is C21H17Cl2FN4O2. The van der Waals surface area contributed by atoms with Gasteiger partial charge in [0.1, 0.15) is 11.9 Å². The zero-order chi connectivity index (χ0) is 21.4. The average molecular weight is 447 g/mol. The molecule has 0 aliphatic carbocycles. The summed E-state index contributed by atoms with van der Waals surface area (Å²) in [6.45, 7) is 3.72. The number of nitrogens with one attached hydrogen (secondary N) is 1. The number of hydrogen-bond donors (Lipinski definition) is 1. The Hall–Kier alpha value is -2.90. The van der Waals surface area contributed by atoms with Gasteiger partial charge >= 0.3 is 5.97 Å². The van der Waals surface area contributed by atoms with Crippen LogP contribution in [0.3, 0.4) is 0 Å². The van der Waals surface area contributed by atoms with Crippen molar-refractivity contribution in [1.29, 1.82) is 0 Å². The van der Waals surface area contributed by atoms with Crippen LogP contribution < -0.4 is 5.32 Å². The third kappa shape index (κ3) is 3.66. The minimum atomic E-state index is -0.674. The van der Waals surface area contributed by atoms with Gasteiger partial charge in [-0.3, -0.25) is 0 Å². The summed E-state index contributed by atoms with van der Waals surface area (Å²) in [5, 5.41) is 8.55. The number of anilines is 1. The Morgan fingerprint density at radius 1 is 1.23 bits per heavy atom. The zero-order valence-electron chi connectivity index (χ0n) is 16.1. The number of carbonyl (C=O) groups is 1. The van der Waals surface area contributed by atoms with Gasteiger partial charge in [0, 0.05) is 26.9 Å². The predicted octanol–water partition coefficient (Wildman–Crippen LogP) is 5.24. The molecule has 9 heteroatoms. The van der Waals surface area contributed by atoms with Gasteiger partial charge in [-0.05, 0) is 50.2 Å². The van der Waals surface area contributed by atoms with E-state index in [2.05, 4.69) is 15.4 Å². The smallest absolute Gasteiger partial charge is 0.338 e. The lowest BCUT2D eigenvalue weighted by Gasteiger charge is -2.28. The molecule has 0 fully saturated rings. The molecule has 2 aromatic carbocycles. The van der Waals surface area contributed by atoms with Crippen LogP contribution in [0.4, 0.5) is 10.3 Å². The van der Waals surface area contributed by atoms with Crippen molar-refractivity contribution in [2.24, 2.45) is 0 Å². The van der Waals surface area contributed by atoms with E-state index in [0.29, 0.717) is 44.2 Å². The Morgan fingerprint density at radius 3 is 2.63 bits per heavy atom. The molecule has 0 saturated heterocycles. The van der Waals surface area contributed by atoms with Gasteiger partial charge in [-0.2, -0.15) is 4.98 Å². The number of fused-ring (bicyclic) bond motifs is 1. The number of halogens is 3. The van der Waals surface area contributed by atoms with Crippen LogP contribution in [-0.2, 0) is 9.53 Å². The topological polar surface area (TPSA) is 69.0 Å². The van der Waals surface area contributed by atoms with E-state index in [1.165, 1.54) is 12.1 Å². The van der Waals surface area contributed by atoms with Crippen LogP contribution in [0.15, 0.2) is 53.7 Å². The monoisotopic (exact) mass is 446 g/mol. The van der Waals surface area contributed by atoms with Crippen LogP contribution in [0.1, 0.15) is 25.5 Å². The van der Waals surface area contributed by atoms with Gasteiger partial charge in [0.15, 0.2) is 5.82 Å². The number of esters is 1. The molecule has 0 spiro atoms. The molecule has 1 aromatic heterocycles. The number of carbonyl (C=O) groups excluding carboxylic acids is 1. The summed E-state index contributed by atoms with van der Waals surface area (Å²) in [7, 11) is 0. The molecule has 0 radical (unpaired) electrons. The highest BCUT2D eigenvalue weighted by Crippen LogP contribution is 2.40. The summed E-state index contributed by atoms with van der Waals surface area (Å²) in [5.74, 6) is -0.0295. The molecule has 6 nitrogen and oxygen atoms in total. The van der Waals surface area contributed by atoms with E-state index >= 15 is 0 Å². The fraction of sp³-hybridized carbons (Fsp3) is 0.190. The maximum Gasteiger partial charge on any atom is 0.338 e. The first-order valence-electron chi connectivity index (χ1n) is 9.21. The molecule has 30 heavy (non-hydrogen) atoms. The van der Waals surface area contributed by atoms with Gasteiger partial charge in [0.05, 0.1) is 12.2 Å². The van der Waals surface area contributed by atoms with Gasteiger partial charge < -0.3 is 10.1 Å². The van der Waals surface area contributed by atoms with E-state index in [1.807, 2.05) is 0 Å². The van der Waals surface area contributed by atoms with Crippen molar-refractivity contribution in [2.45, 2.75) is 19.9 Å². The van der Waals surface area contributed by atoms with Gasteiger partial charge in [-0.15, -0.1) is 5.10 Å². The lowest BCUT2D eigenvalue weighted by atomic mass is 9.96. The van der Waals surface area contributed by atoms with Gasteiger partial charge in [-0.1, -0.05) is 29.3 Å². The summed E-state index contributed by atoms with van der Waals surface area (Å²) in [4.78, 5) is 17.3. The minimum Gasteiger partial charge on any atom is -0.463 e. The van der Waals surface area contributed by atoms with Crippen LogP contribution in [0.2, 0.25) is 10.0 Å². The Balaban J connectivity index is 1.88. The van der Waals surface area contributed by atoms with Crippen molar-refractivity contribution >= 4 is 35.1 Å². The molecule has 1 atom stereocenters. The molecule has 0 bridgehead atoms. The van der Waals surface area contributed by atoms with Crippen LogP contribution in [0.5, 0.6) is 0 Å². The summed E-state index contributed by atoms with van der Waals surface area (Å²) in [6.07, 6.45) is 0. The molecule has 0 amide bonds. The lowest BCUT2D eigenvalue weighted by molar-refractivity contribution is -0.139. The number of ether oxygens (including phenoxy) is 1. The molecule has 154 valence electrons. The second-order valence-electron chi connectivity index (χ2n) is 6.66. The second-order valence-corrected chi connectivity index (χ2v) is 7.51. The van der Waals surface area contributed by atoms with Crippen LogP contribution in [0.25, 0.3) is 11.4 Å². The maximum absolute atomic E-state index is 13.3. The Kier molecular flexibility index (Phi) is 5.49. The van der Waals surface area contributed by atoms with E-state index in [-0.39, 0.29) is 12.4 Å². The van der Waals surface area contributed by atoms with E-state index in [9.17, 15) is 9.18 Å². The summed E-state index contributed by atoms with van der Waals surface area (Å²) in [6, 6.07) is 10.2. The standard InChI is InChI=1S/C21H17Cl2FN4O2/c1-3-30-20(29)17-11(2)25-21-26-19(12-4-7-14(24)8-5-12)27-28(21)18(17)15-9-6-13(22)10-16(15)23/h4-10,18H,3H2,1-2H3,(H,25,26,27). The number of rotatable bonds is 4. The van der Waals surface area contributed by atoms with E-state index in [0.717, 1.165) is 0 Å². The molecule has 1 N–H and O–H groups in total. The van der Waals surface area contributed by atoms with Crippen LogP contribution in [0, 0.1) is 5.82 Å². The van der Waals surface area contributed by atoms with Crippen molar-refractivity contribution in [3.05, 3.63) is 75.2 Å². The fourth-order valence-corrected chi connectivity index (χ4v) is 3.87. The Morgan fingerprint density at radius 2 is 1.97 bits per heavy atom. The molecule has 1 aliphatic rings. The number of nitrogens with zero attached hydrogens (tertiary/aromatic N) is 3. The molecule has 4 rings (SSSR count). The number of hydrogen-bond acceptors (Lipinski definition) is 5. The van der Waals surface area contributed by atoms with Crippen LogP contribution in [-0.4, -0.2) is 27.3 Å². The third-order valence-corrected chi connectivity index (χ3v) is 5.27. The van der Waals surface area contributed by atoms with Crippen molar-refractivity contribution in [2.75, 3.05) is 11.9 Å². The Labute approximate surface area is 182 Å². The van der Waals surface area contributed by atoms with Crippen molar-refractivity contribution in [3.63, 3.8) is 0 Å². The zero-order valence-corrected chi connectivity index (χ0v) is 17.6. The molecule has 3 aromatic rings. The summed E-state index contributed by atoms with van der Waals surface area (Å²) < 4.78 is 20.2. The van der Waals surface area contributed by atoms with Crippen LogP contribution >= 0.6 is 23.2 Å². The minimum absolute atomic E-state index is 0.224. The molecule has 1 aliphatic heterocycles.